The molecule has 0 spiro atoms. The smallest absolute Gasteiger partial charge is 0.180 e. The molecule has 126 valence electrons. The van der Waals surface area contributed by atoms with Crippen LogP contribution in [0.25, 0.3) is 22.4 Å². The highest BCUT2D eigenvalue weighted by Crippen LogP contribution is 2.28. The van der Waals surface area contributed by atoms with Gasteiger partial charge in [0, 0.05) is 6.61 Å². The van der Waals surface area contributed by atoms with Gasteiger partial charge in [-0.3, -0.25) is 0 Å². The van der Waals surface area contributed by atoms with Gasteiger partial charge >= 0.3 is 0 Å². The topological polar surface area (TPSA) is 70.1 Å². The Kier molecular flexibility index (Phi) is 3.11. The first-order chi connectivity index (χ1) is 12.2. The third-order valence-corrected chi connectivity index (χ3v) is 4.73. The highest BCUT2D eigenvalue weighted by atomic mass is 16.5. The van der Waals surface area contributed by atoms with E-state index in [-0.39, 0.29) is 6.10 Å². The molecule has 0 amide bonds. The maximum absolute atomic E-state index is 5.70. The van der Waals surface area contributed by atoms with Crippen LogP contribution >= 0.6 is 0 Å². The molecule has 0 saturated carbocycles. The van der Waals surface area contributed by atoms with E-state index in [0.29, 0.717) is 0 Å². The number of fused-ring (bicyclic) bond motifs is 3. The minimum absolute atomic E-state index is 0.0102. The molecule has 25 heavy (non-hydrogen) atoms. The maximum atomic E-state index is 5.70. The molecular formula is C18H18N6O. The summed E-state index contributed by atoms with van der Waals surface area (Å²) in [4.78, 5) is 9.28. The molecule has 1 atom stereocenters. The number of aryl methyl sites for hydroxylation is 2. The molecule has 0 N–H and O–H groups in total. The van der Waals surface area contributed by atoms with Crippen LogP contribution in [0.5, 0.6) is 0 Å². The van der Waals surface area contributed by atoms with Gasteiger partial charge in [0.05, 0.1) is 17.3 Å². The van der Waals surface area contributed by atoms with Gasteiger partial charge in [0.15, 0.2) is 17.1 Å². The van der Waals surface area contributed by atoms with Crippen molar-refractivity contribution in [2.24, 2.45) is 0 Å². The zero-order valence-corrected chi connectivity index (χ0v) is 14.2. The van der Waals surface area contributed by atoms with Crippen LogP contribution in [0.2, 0.25) is 0 Å². The second kappa shape index (κ2) is 5.35. The van der Waals surface area contributed by atoms with Gasteiger partial charge in [-0.15, -0.1) is 5.10 Å². The standard InChI is InChI=1S/C18H18N6O/c1-11-5-6-12(2)14(8-11)24-17-13(9-20-24)18-21-16(15-4-3-7-25-15)22-23(18)10-19-17/h5-6,8-10,15H,3-4,7H2,1-2H3. The van der Waals surface area contributed by atoms with E-state index in [1.54, 1.807) is 10.8 Å². The number of aromatic nitrogens is 6. The zero-order chi connectivity index (χ0) is 17.0. The molecule has 5 rings (SSSR count). The van der Waals surface area contributed by atoms with Gasteiger partial charge in [-0.05, 0) is 43.9 Å². The summed E-state index contributed by atoms with van der Waals surface area (Å²) in [5.74, 6) is 0.728. The Balaban J connectivity index is 1.70. The molecule has 0 bridgehead atoms. The van der Waals surface area contributed by atoms with Crippen LogP contribution in [-0.2, 0) is 4.74 Å². The average Bonchev–Trinajstić information content (AvgIpc) is 3.34. The van der Waals surface area contributed by atoms with Gasteiger partial charge in [0.25, 0.3) is 0 Å². The second-order valence-corrected chi connectivity index (χ2v) is 6.57. The predicted molar refractivity (Wildman–Crippen MR) is 92.8 cm³/mol. The Morgan fingerprint density at radius 2 is 2.12 bits per heavy atom. The summed E-state index contributed by atoms with van der Waals surface area (Å²) in [6.45, 7) is 4.93. The summed E-state index contributed by atoms with van der Waals surface area (Å²) in [7, 11) is 0. The number of benzene rings is 1. The molecule has 7 nitrogen and oxygen atoms in total. The van der Waals surface area contributed by atoms with Crippen LogP contribution in [0.15, 0.2) is 30.7 Å². The number of hydrogen-bond donors (Lipinski definition) is 0. The minimum Gasteiger partial charge on any atom is -0.370 e. The maximum Gasteiger partial charge on any atom is 0.180 e. The lowest BCUT2D eigenvalue weighted by Crippen LogP contribution is -2.01. The van der Waals surface area contributed by atoms with E-state index in [1.807, 2.05) is 10.9 Å². The quantitative estimate of drug-likeness (QED) is 0.564. The summed E-state index contributed by atoms with van der Waals surface area (Å²) in [6, 6.07) is 6.32. The molecule has 0 aliphatic carbocycles. The first-order valence-corrected chi connectivity index (χ1v) is 8.49. The number of rotatable bonds is 2. The molecule has 4 heterocycles. The Labute approximate surface area is 144 Å². The first-order valence-electron chi connectivity index (χ1n) is 8.49. The molecule has 1 unspecified atom stereocenters. The average molecular weight is 334 g/mol. The fourth-order valence-electron chi connectivity index (χ4n) is 3.38. The molecule has 7 heteroatoms. The summed E-state index contributed by atoms with van der Waals surface area (Å²) >= 11 is 0. The minimum atomic E-state index is -0.0102. The van der Waals surface area contributed by atoms with Gasteiger partial charge in [-0.25, -0.2) is 19.2 Å². The van der Waals surface area contributed by atoms with Crippen LogP contribution in [0.4, 0.5) is 0 Å². The monoisotopic (exact) mass is 334 g/mol. The molecule has 1 aromatic carbocycles. The van der Waals surface area contributed by atoms with Crippen molar-refractivity contribution in [2.75, 3.05) is 6.61 Å². The molecule has 1 saturated heterocycles. The van der Waals surface area contributed by atoms with Crippen LogP contribution in [0.1, 0.15) is 35.9 Å². The summed E-state index contributed by atoms with van der Waals surface area (Å²) < 4.78 is 9.29. The SMILES string of the molecule is Cc1ccc(C)c(-n2ncc3c2ncn2nc(C4CCCO4)nc32)c1. The Bertz CT molecular complexity index is 1090. The summed E-state index contributed by atoms with van der Waals surface area (Å²) in [5.41, 5.74) is 4.93. The van der Waals surface area contributed by atoms with E-state index in [0.717, 1.165) is 53.2 Å². The van der Waals surface area contributed by atoms with Crippen molar-refractivity contribution in [3.8, 4) is 5.69 Å². The third kappa shape index (κ3) is 2.23. The number of hydrogen-bond acceptors (Lipinski definition) is 5. The normalized spacial score (nSPS) is 17.8. The van der Waals surface area contributed by atoms with Crippen molar-refractivity contribution in [1.82, 2.24) is 29.4 Å². The van der Waals surface area contributed by atoms with Crippen LogP contribution < -0.4 is 0 Å². The Morgan fingerprint density at radius 3 is 2.96 bits per heavy atom. The molecule has 0 radical (unpaired) electrons. The lowest BCUT2D eigenvalue weighted by molar-refractivity contribution is 0.105. The lowest BCUT2D eigenvalue weighted by atomic mass is 10.1. The first kappa shape index (κ1) is 14.5. The van der Waals surface area contributed by atoms with Gasteiger partial charge in [-0.1, -0.05) is 12.1 Å². The van der Waals surface area contributed by atoms with Crippen LogP contribution in [0.3, 0.4) is 0 Å². The largest absolute Gasteiger partial charge is 0.370 e. The Morgan fingerprint density at radius 1 is 1.20 bits per heavy atom. The van der Waals surface area contributed by atoms with E-state index in [4.69, 9.17) is 9.72 Å². The molecule has 1 aliphatic rings. The van der Waals surface area contributed by atoms with Crippen molar-refractivity contribution < 1.29 is 4.74 Å². The van der Waals surface area contributed by atoms with E-state index in [2.05, 4.69) is 47.2 Å². The highest BCUT2D eigenvalue weighted by Gasteiger charge is 2.23. The molecular weight excluding hydrogens is 316 g/mol. The summed E-state index contributed by atoms with van der Waals surface area (Å²) in [5, 5.41) is 9.99. The van der Waals surface area contributed by atoms with Crippen molar-refractivity contribution in [1.29, 1.82) is 0 Å². The third-order valence-electron chi connectivity index (χ3n) is 4.73. The van der Waals surface area contributed by atoms with Gasteiger partial charge in [0.1, 0.15) is 12.4 Å². The fraction of sp³-hybridized carbons (Fsp3) is 0.333. The lowest BCUT2D eigenvalue weighted by Gasteiger charge is -2.07. The van der Waals surface area contributed by atoms with Gasteiger partial charge in [0.2, 0.25) is 0 Å². The van der Waals surface area contributed by atoms with E-state index < -0.39 is 0 Å². The molecule has 4 aromatic rings. The fourth-order valence-corrected chi connectivity index (χ4v) is 3.38. The number of ether oxygens (including phenoxy) is 1. The van der Waals surface area contributed by atoms with Gasteiger partial charge in [-0.2, -0.15) is 5.10 Å². The highest BCUT2D eigenvalue weighted by molar-refractivity contribution is 5.89. The molecule has 1 fully saturated rings. The number of nitrogens with zero attached hydrogens (tertiary/aromatic N) is 6. The Hall–Kier alpha value is -2.80. The van der Waals surface area contributed by atoms with Crippen LogP contribution in [-0.4, -0.2) is 36.0 Å². The van der Waals surface area contributed by atoms with Crippen molar-refractivity contribution in [3.63, 3.8) is 0 Å². The van der Waals surface area contributed by atoms with Crippen molar-refractivity contribution >= 4 is 16.7 Å². The van der Waals surface area contributed by atoms with E-state index in [1.165, 1.54) is 5.56 Å². The van der Waals surface area contributed by atoms with Gasteiger partial charge < -0.3 is 4.74 Å². The molecule has 3 aromatic heterocycles. The van der Waals surface area contributed by atoms with Crippen molar-refractivity contribution in [3.05, 3.63) is 47.7 Å². The zero-order valence-electron chi connectivity index (χ0n) is 14.2. The summed E-state index contributed by atoms with van der Waals surface area (Å²) in [6.07, 6.45) is 5.53. The predicted octanol–water partition coefficient (Wildman–Crippen LogP) is 2.93. The van der Waals surface area contributed by atoms with Crippen molar-refractivity contribution in [2.45, 2.75) is 32.8 Å². The van der Waals surface area contributed by atoms with E-state index >= 15 is 0 Å². The van der Waals surface area contributed by atoms with Crippen LogP contribution in [0, 0.1) is 13.8 Å². The van der Waals surface area contributed by atoms with E-state index in [9.17, 15) is 0 Å². The second-order valence-electron chi connectivity index (χ2n) is 6.57. The molecule has 1 aliphatic heterocycles.